The zero-order valence-corrected chi connectivity index (χ0v) is 49.4. The van der Waals surface area contributed by atoms with Crippen LogP contribution in [0.1, 0.15) is 132 Å². The van der Waals surface area contributed by atoms with E-state index in [0.717, 1.165) is 32.1 Å². The van der Waals surface area contributed by atoms with Crippen LogP contribution in [-0.4, -0.2) is 137 Å². The Morgan fingerprint density at radius 2 is 1.38 bits per heavy atom. The topological polar surface area (TPSA) is 229 Å². The van der Waals surface area contributed by atoms with E-state index in [9.17, 15) is 29.4 Å². The molecule has 0 bridgehead atoms. The maximum Gasteiger partial charge on any atom is 0.342 e. The molecular weight excluding hydrogens is 1100 g/mol. The normalized spacial score (nSPS) is 26.1. The van der Waals surface area contributed by atoms with Crippen molar-refractivity contribution in [3.05, 3.63) is 155 Å². The van der Waals surface area contributed by atoms with Crippen LogP contribution < -0.4 is 18.9 Å². The van der Waals surface area contributed by atoms with E-state index in [-0.39, 0.29) is 42.8 Å². The molecule has 2 saturated heterocycles. The lowest BCUT2D eigenvalue weighted by Crippen LogP contribution is -2.37. The highest BCUT2D eigenvalue weighted by Gasteiger charge is 2.47. The third-order valence-electron chi connectivity index (χ3n) is 15.1. The van der Waals surface area contributed by atoms with Crippen LogP contribution in [0.15, 0.2) is 121 Å². The first kappa shape index (κ1) is 63.7. The number of aliphatic hydroxyl groups is 1. The fraction of sp³-hybridized carbons (Fsp3) is 0.455. The van der Waals surface area contributed by atoms with Gasteiger partial charge in [0.1, 0.15) is 64.6 Å². The highest BCUT2D eigenvalue weighted by atomic mass is 16.8. The summed E-state index contributed by atoms with van der Waals surface area (Å²) in [5.74, 6) is -3.21. The summed E-state index contributed by atoms with van der Waals surface area (Å²) >= 11 is 0. The Labute approximate surface area is 496 Å². The van der Waals surface area contributed by atoms with Crippen molar-refractivity contribution >= 4 is 36.0 Å². The molecule has 2 aliphatic carbocycles. The van der Waals surface area contributed by atoms with Crippen LogP contribution in [0.5, 0.6) is 23.0 Å². The highest BCUT2D eigenvalue weighted by Crippen LogP contribution is 2.40. The Hall–Kier alpha value is -7.36. The molecular formula is C66H78O19. The summed E-state index contributed by atoms with van der Waals surface area (Å²) in [6, 6.07) is 24.1. The lowest BCUT2D eigenvalue weighted by molar-refractivity contribution is -0.153. The zero-order chi connectivity index (χ0) is 60.7. The van der Waals surface area contributed by atoms with E-state index in [4.69, 9.17) is 61.6 Å². The molecule has 19 heteroatoms. The molecule has 4 aromatic carbocycles. The van der Waals surface area contributed by atoms with E-state index in [1.54, 1.807) is 106 Å². The molecule has 2 saturated carbocycles. The van der Waals surface area contributed by atoms with Crippen LogP contribution in [0.25, 0.3) is 12.2 Å². The summed E-state index contributed by atoms with van der Waals surface area (Å²) < 4.78 is 75.4. The number of methoxy groups -OCH3 is 4. The predicted octanol–water partition coefficient (Wildman–Crippen LogP) is 11.0. The number of carbonyl (C=O) groups is 4. The number of rotatable bonds is 19. The average Bonchev–Trinajstić information content (AvgIpc) is 3.04. The summed E-state index contributed by atoms with van der Waals surface area (Å²) in [6.07, 6.45) is 15.8. The first-order valence-corrected chi connectivity index (χ1v) is 28.6. The van der Waals surface area contributed by atoms with Gasteiger partial charge in [-0.05, 0) is 132 Å². The molecule has 5 aliphatic rings. The number of carboxylic acids is 1. The van der Waals surface area contributed by atoms with Crippen molar-refractivity contribution in [2.75, 3.05) is 42.0 Å². The monoisotopic (exact) mass is 1170 g/mol. The first-order valence-electron chi connectivity index (χ1n) is 28.6. The molecule has 0 spiro atoms. The van der Waals surface area contributed by atoms with E-state index in [1.165, 1.54) is 27.4 Å². The maximum absolute atomic E-state index is 13.7. The van der Waals surface area contributed by atoms with Crippen molar-refractivity contribution in [1.82, 2.24) is 0 Å². The zero-order valence-electron chi connectivity index (χ0n) is 49.4. The second kappa shape index (κ2) is 29.6. The van der Waals surface area contributed by atoms with E-state index in [0.29, 0.717) is 64.3 Å². The van der Waals surface area contributed by atoms with Crippen LogP contribution in [-0.2, 0) is 42.6 Å². The average molecular weight is 1180 g/mol. The van der Waals surface area contributed by atoms with Crippen molar-refractivity contribution in [1.29, 1.82) is 0 Å². The van der Waals surface area contributed by atoms with Gasteiger partial charge in [-0.15, -0.1) is 0 Å². The van der Waals surface area contributed by atoms with E-state index in [2.05, 4.69) is 0 Å². The molecule has 4 fully saturated rings. The van der Waals surface area contributed by atoms with E-state index >= 15 is 0 Å². The first-order chi connectivity index (χ1) is 40.9. The molecule has 0 aromatic heterocycles. The summed E-state index contributed by atoms with van der Waals surface area (Å²) in [6.45, 7) is 7.09. The standard InChI is InChI=1S/C33H40O10.C33H38O9/c1-33(2)42-27(15-9-13-23-18-24(39-4)19-28(40-20-38-3)29(23)31(35)36)30(43-33)26(17-16-21-12-8-14-25(21)34)41-32(37)22-10-6-5-7-11-22;1-33(2)41-27-15-9-13-23-18-24(37-4)19-28(38-20-36-3)29(23)32(35)39-25-14-8-12-21(25)16-17-26(30(27)42-33)40-31(34)22-10-6-5-7-11-22/h5-7,9-11,13,16-19,21,25-27,30,34H,8,12,14-15,20H2,1-4H3,(H,35,36);5-7,9-11,13,16-19,21,25-27,30H,8,12,14-15,20H2,1-4H3/b2*13-9+,17-16-/t21-,25+,26?,27-,30+;21-,25-,26?,27-,30+/m00/s1. The number of esters is 3. The van der Waals surface area contributed by atoms with Gasteiger partial charge in [0.15, 0.2) is 25.2 Å². The van der Waals surface area contributed by atoms with Crippen molar-refractivity contribution in [2.45, 2.75) is 139 Å². The Balaban J connectivity index is 0.000000221. The fourth-order valence-corrected chi connectivity index (χ4v) is 11.1. The maximum atomic E-state index is 13.7. The van der Waals surface area contributed by atoms with Crippen LogP contribution in [0, 0.1) is 11.8 Å². The third-order valence-corrected chi connectivity index (χ3v) is 15.1. The SMILES string of the molecule is COCOc1cc(OC)cc(/C=C/C[C@@H]2OC(C)(C)O[C@@H]2C(/C=C\[C@@H]2CCC[C@H]2O)OC(=O)c2ccccc2)c1C(=O)O.COCOc1cc(OC)cc2c1C(=O)O[C@H]1CCC[C@H]1/C=C\C(OC(=O)c1ccccc1)[C@H]1OC(C)(C)O[C@H]1C/C=C/2. The van der Waals surface area contributed by atoms with Crippen molar-refractivity contribution in [3.8, 4) is 23.0 Å². The number of aliphatic hydroxyl groups excluding tert-OH is 1. The smallest absolute Gasteiger partial charge is 0.342 e. The van der Waals surface area contributed by atoms with Gasteiger partial charge in [0.25, 0.3) is 0 Å². The van der Waals surface area contributed by atoms with Crippen molar-refractivity contribution in [3.63, 3.8) is 0 Å². The summed E-state index contributed by atoms with van der Waals surface area (Å²) in [5.41, 5.74) is 2.06. The lowest BCUT2D eigenvalue weighted by Gasteiger charge is -2.25. The molecule has 2 unspecified atom stereocenters. The fourth-order valence-electron chi connectivity index (χ4n) is 11.1. The van der Waals surface area contributed by atoms with Gasteiger partial charge in [0.2, 0.25) is 0 Å². The Morgan fingerprint density at radius 3 is 2.04 bits per heavy atom. The molecule has 2 N–H and O–H groups in total. The molecule has 9 rings (SSSR count). The molecule has 0 radical (unpaired) electrons. The predicted molar refractivity (Wildman–Crippen MR) is 312 cm³/mol. The van der Waals surface area contributed by atoms with Gasteiger partial charge in [-0.1, -0.05) is 79.3 Å². The lowest BCUT2D eigenvalue weighted by atomic mass is 9.98. The van der Waals surface area contributed by atoms with Crippen LogP contribution in [0.2, 0.25) is 0 Å². The number of carbonyl (C=O) groups excluding carboxylic acids is 3. The van der Waals surface area contributed by atoms with Gasteiger partial charge in [-0.2, -0.15) is 0 Å². The molecule has 19 nitrogen and oxygen atoms in total. The minimum atomic E-state index is -1.17. The summed E-state index contributed by atoms with van der Waals surface area (Å²) in [5, 5.41) is 20.3. The van der Waals surface area contributed by atoms with Gasteiger partial charge >= 0.3 is 23.9 Å². The van der Waals surface area contributed by atoms with Crippen LogP contribution in [0.4, 0.5) is 0 Å². The number of benzene rings is 4. The van der Waals surface area contributed by atoms with Gasteiger partial charge in [-0.3, -0.25) is 0 Å². The Morgan fingerprint density at radius 1 is 0.729 bits per heavy atom. The molecule has 3 aliphatic heterocycles. The van der Waals surface area contributed by atoms with Gasteiger partial charge < -0.3 is 71.8 Å². The molecule has 456 valence electrons. The van der Waals surface area contributed by atoms with Gasteiger partial charge in [0.05, 0.1) is 43.7 Å². The van der Waals surface area contributed by atoms with E-state index in [1.807, 2.05) is 56.4 Å². The van der Waals surface area contributed by atoms with E-state index < -0.39 is 78.2 Å². The number of hydrogen-bond donors (Lipinski definition) is 2. The molecule has 0 amide bonds. The Kier molecular flexibility index (Phi) is 22.2. The van der Waals surface area contributed by atoms with Crippen LogP contribution >= 0.6 is 0 Å². The minimum absolute atomic E-state index is 0.0383. The van der Waals surface area contributed by atoms with Gasteiger partial charge in [-0.25, -0.2) is 19.2 Å². The molecule has 10 atom stereocenters. The largest absolute Gasteiger partial charge is 0.497 e. The highest BCUT2D eigenvalue weighted by molar-refractivity contribution is 5.97. The quantitative estimate of drug-likeness (QED) is 0.0385. The molecule has 4 aromatic rings. The number of ether oxygens (including phenoxy) is 13. The summed E-state index contributed by atoms with van der Waals surface area (Å²) in [7, 11) is 5.99. The Bertz CT molecular complexity index is 3020. The minimum Gasteiger partial charge on any atom is -0.497 e. The second-order valence-electron chi connectivity index (χ2n) is 22.1. The summed E-state index contributed by atoms with van der Waals surface area (Å²) in [4.78, 5) is 52.1. The number of aromatic carboxylic acids is 1. The number of fused-ring (bicyclic) bond motifs is 3. The van der Waals surface area contributed by atoms with Crippen molar-refractivity contribution in [2.24, 2.45) is 11.8 Å². The van der Waals surface area contributed by atoms with Crippen LogP contribution in [0.3, 0.4) is 0 Å². The van der Waals surface area contributed by atoms with Gasteiger partial charge in [0, 0.05) is 38.2 Å². The third kappa shape index (κ3) is 17.0. The van der Waals surface area contributed by atoms with Crippen molar-refractivity contribution < 1.29 is 91.0 Å². The number of carboxylic acid groups (broad SMARTS) is 1. The second-order valence-corrected chi connectivity index (χ2v) is 22.1. The number of hydrogen-bond acceptors (Lipinski definition) is 18. The molecule has 3 heterocycles. The molecule has 85 heavy (non-hydrogen) atoms.